The van der Waals surface area contributed by atoms with Crippen LogP contribution in [0.1, 0.15) is 72.9 Å². The van der Waals surface area contributed by atoms with Gasteiger partial charge in [-0.1, -0.05) is 30.9 Å². The number of rotatable bonds is 2. The van der Waals surface area contributed by atoms with Crippen molar-refractivity contribution in [2.45, 2.75) is 56.5 Å². The number of likely N-dealkylation sites (tertiary alicyclic amines) is 1. The number of nitrogens with one attached hydrogen (secondary N) is 2. The molecule has 6 rings (SSSR count). The van der Waals surface area contributed by atoms with E-state index in [0.717, 1.165) is 61.7 Å². The summed E-state index contributed by atoms with van der Waals surface area (Å²) >= 11 is 6.60. The fraction of sp³-hybridized carbons (Fsp3) is 0.417. The van der Waals surface area contributed by atoms with Crippen LogP contribution >= 0.6 is 11.6 Å². The second-order valence-corrected chi connectivity index (χ2v) is 9.44. The normalized spacial score (nSPS) is 22.1. The standard InChI is InChI=1S/C24H24ClN3O4/c25-15-12-14-13-18(22(29)28-10-4-6-16(28)17-7-5-11-31-17)32-21(14)19-20(15)26-23(30)27-24(19)8-2-1-3-9-24/h5,7,11-13,16H,1-4,6,8-10H2,(H2,26,27,30). The van der Waals surface area contributed by atoms with Gasteiger partial charge in [0, 0.05) is 17.5 Å². The van der Waals surface area contributed by atoms with Gasteiger partial charge in [0.2, 0.25) is 0 Å². The molecule has 3 amide bonds. The number of anilines is 1. The highest BCUT2D eigenvalue weighted by Crippen LogP contribution is 2.49. The molecule has 32 heavy (non-hydrogen) atoms. The number of hydrogen-bond donors (Lipinski definition) is 2. The van der Waals surface area contributed by atoms with Crippen LogP contribution in [0.5, 0.6) is 0 Å². The van der Waals surface area contributed by atoms with Crippen molar-refractivity contribution in [1.29, 1.82) is 0 Å². The predicted molar refractivity (Wildman–Crippen MR) is 120 cm³/mol. The van der Waals surface area contributed by atoms with E-state index in [1.807, 2.05) is 17.0 Å². The summed E-state index contributed by atoms with van der Waals surface area (Å²) in [5.74, 6) is 0.918. The van der Waals surface area contributed by atoms with Crippen molar-refractivity contribution in [3.63, 3.8) is 0 Å². The summed E-state index contributed by atoms with van der Waals surface area (Å²) in [4.78, 5) is 27.7. The third kappa shape index (κ3) is 2.94. The zero-order valence-corrected chi connectivity index (χ0v) is 18.3. The van der Waals surface area contributed by atoms with Crippen LogP contribution in [-0.2, 0) is 5.54 Å². The minimum atomic E-state index is -0.526. The first kappa shape index (κ1) is 19.7. The third-order valence-electron chi connectivity index (χ3n) is 7.13. The average Bonchev–Trinajstić information content (AvgIpc) is 3.53. The van der Waals surface area contributed by atoms with E-state index in [1.54, 1.807) is 18.4 Å². The number of amides is 3. The largest absolute Gasteiger partial charge is 0.467 e. The molecule has 2 N–H and O–H groups in total. The number of halogens is 1. The number of nitrogens with zero attached hydrogens (tertiary/aromatic N) is 1. The maximum atomic E-state index is 13.5. The first-order valence-electron chi connectivity index (χ1n) is 11.3. The minimum Gasteiger partial charge on any atom is -0.467 e. The van der Waals surface area contributed by atoms with E-state index in [-0.39, 0.29) is 23.7 Å². The zero-order valence-electron chi connectivity index (χ0n) is 17.6. The van der Waals surface area contributed by atoms with Crippen LogP contribution in [0.15, 0.2) is 39.4 Å². The molecule has 7 nitrogen and oxygen atoms in total. The van der Waals surface area contributed by atoms with Gasteiger partial charge in [0.15, 0.2) is 5.76 Å². The molecule has 2 aliphatic heterocycles. The first-order valence-corrected chi connectivity index (χ1v) is 11.6. The summed E-state index contributed by atoms with van der Waals surface area (Å²) in [5, 5.41) is 7.24. The van der Waals surface area contributed by atoms with Crippen molar-refractivity contribution >= 4 is 40.2 Å². The molecule has 0 radical (unpaired) electrons. The highest BCUT2D eigenvalue weighted by molar-refractivity contribution is 6.35. The fourth-order valence-electron chi connectivity index (χ4n) is 5.72. The second-order valence-electron chi connectivity index (χ2n) is 9.03. The lowest BCUT2D eigenvalue weighted by atomic mass is 9.74. The van der Waals surface area contributed by atoms with E-state index >= 15 is 0 Å². The highest BCUT2D eigenvalue weighted by atomic mass is 35.5. The second kappa shape index (κ2) is 7.30. The van der Waals surface area contributed by atoms with Crippen molar-refractivity contribution in [3.05, 3.63) is 52.6 Å². The molecule has 1 atom stereocenters. The van der Waals surface area contributed by atoms with Crippen molar-refractivity contribution in [1.82, 2.24) is 10.2 Å². The topological polar surface area (TPSA) is 87.7 Å². The Morgan fingerprint density at radius 2 is 2.03 bits per heavy atom. The molecule has 3 aromatic rings. The van der Waals surface area contributed by atoms with E-state index in [2.05, 4.69) is 10.6 Å². The molecule has 1 unspecified atom stereocenters. The van der Waals surface area contributed by atoms with Gasteiger partial charge in [-0.05, 0) is 49.9 Å². The fourth-order valence-corrected chi connectivity index (χ4v) is 5.98. The van der Waals surface area contributed by atoms with E-state index in [4.69, 9.17) is 20.4 Å². The zero-order chi connectivity index (χ0) is 21.9. The number of furan rings is 2. The molecule has 1 saturated heterocycles. The van der Waals surface area contributed by atoms with Crippen molar-refractivity contribution in [3.8, 4) is 0 Å². The number of hydrogen-bond acceptors (Lipinski definition) is 4. The van der Waals surface area contributed by atoms with Gasteiger partial charge in [0.1, 0.15) is 11.3 Å². The Bertz CT molecular complexity index is 1210. The van der Waals surface area contributed by atoms with E-state index in [1.165, 1.54) is 0 Å². The Morgan fingerprint density at radius 1 is 1.19 bits per heavy atom. The lowest BCUT2D eigenvalue weighted by Gasteiger charge is -2.42. The molecule has 4 heterocycles. The molecular weight excluding hydrogens is 430 g/mol. The van der Waals surface area contributed by atoms with Crippen molar-refractivity contribution in [2.75, 3.05) is 11.9 Å². The average molecular weight is 454 g/mol. The predicted octanol–water partition coefficient (Wildman–Crippen LogP) is 5.95. The number of urea groups is 1. The third-order valence-corrected chi connectivity index (χ3v) is 7.43. The van der Waals surface area contributed by atoms with Crippen LogP contribution in [0.25, 0.3) is 11.0 Å². The molecule has 0 bridgehead atoms. The molecule has 166 valence electrons. The maximum Gasteiger partial charge on any atom is 0.319 e. The Hall–Kier alpha value is -2.93. The molecule has 1 aromatic carbocycles. The minimum absolute atomic E-state index is 0.0890. The molecular formula is C24H24ClN3O4. The molecule has 1 spiro atoms. The van der Waals surface area contributed by atoms with Gasteiger partial charge in [0.05, 0.1) is 28.6 Å². The van der Waals surface area contributed by atoms with Crippen LogP contribution < -0.4 is 10.6 Å². The van der Waals surface area contributed by atoms with Gasteiger partial charge in [0.25, 0.3) is 5.91 Å². The van der Waals surface area contributed by atoms with Crippen LogP contribution in [0.3, 0.4) is 0 Å². The summed E-state index contributed by atoms with van der Waals surface area (Å²) in [6, 6.07) is 6.96. The summed E-state index contributed by atoms with van der Waals surface area (Å²) in [7, 11) is 0. The lowest BCUT2D eigenvalue weighted by Crippen LogP contribution is -2.52. The first-order chi connectivity index (χ1) is 15.6. The molecule has 1 aliphatic carbocycles. The number of fused-ring (bicyclic) bond motifs is 4. The van der Waals surface area contributed by atoms with E-state index in [0.29, 0.717) is 22.8 Å². The monoisotopic (exact) mass is 453 g/mol. The van der Waals surface area contributed by atoms with Crippen molar-refractivity contribution in [2.24, 2.45) is 0 Å². The van der Waals surface area contributed by atoms with Gasteiger partial charge >= 0.3 is 6.03 Å². The molecule has 2 fully saturated rings. The van der Waals surface area contributed by atoms with Gasteiger partial charge in [-0.15, -0.1) is 0 Å². The van der Waals surface area contributed by atoms with E-state index in [9.17, 15) is 9.59 Å². The summed E-state index contributed by atoms with van der Waals surface area (Å²) in [6.07, 6.45) is 8.21. The Kier molecular flexibility index (Phi) is 4.50. The Morgan fingerprint density at radius 3 is 2.81 bits per heavy atom. The van der Waals surface area contributed by atoms with Crippen LogP contribution in [0.4, 0.5) is 10.5 Å². The highest BCUT2D eigenvalue weighted by Gasteiger charge is 2.44. The van der Waals surface area contributed by atoms with Gasteiger partial charge in [-0.2, -0.15) is 0 Å². The van der Waals surface area contributed by atoms with E-state index < -0.39 is 5.54 Å². The van der Waals surface area contributed by atoms with Crippen LogP contribution in [0, 0.1) is 0 Å². The molecule has 1 saturated carbocycles. The van der Waals surface area contributed by atoms with Gasteiger partial charge < -0.3 is 24.4 Å². The Labute approximate surface area is 190 Å². The number of carbonyl (C=O) groups is 2. The van der Waals surface area contributed by atoms with Crippen LogP contribution in [-0.4, -0.2) is 23.4 Å². The smallest absolute Gasteiger partial charge is 0.319 e. The summed E-state index contributed by atoms with van der Waals surface area (Å²) in [5.41, 5.74) is 1.55. The quantitative estimate of drug-likeness (QED) is 0.501. The molecule has 8 heteroatoms. The molecule has 3 aliphatic rings. The maximum absolute atomic E-state index is 13.5. The van der Waals surface area contributed by atoms with Crippen molar-refractivity contribution < 1.29 is 18.4 Å². The SMILES string of the molecule is O=C1Nc2c(Cl)cc3cc(C(=O)N4CCCC4c4ccco4)oc3c2C2(CCCCC2)N1. The molecule has 2 aromatic heterocycles. The Balaban J connectivity index is 1.45. The lowest BCUT2D eigenvalue weighted by molar-refractivity contribution is 0.0689. The van der Waals surface area contributed by atoms with Crippen LogP contribution in [0.2, 0.25) is 5.02 Å². The number of benzene rings is 1. The summed E-state index contributed by atoms with van der Waals surface area (Å²) < 4.78 is 11.8. The van der Waals surface area contributed by atoms with Gasteiger partial charge in [-0.3, -0.25) is 4.79 Å². The van der Waals surface area contributed by atoms with Gasteiger partial charge in [-0.25, -0.2) is 4.79 Å². The number of carbonyl (C=O) groups excluding carboxylic acids is 2. The summed E-state index contributed by atoms with van der Waals surface area (Å²) in [6.45, 7) is 0.654.